The highest BCUT2D eigenvalue weighted by atomic mass is 79.9. The maximum Gasteiger partial charge on any atom is 0.242 e. The average Bonchev–Trinajstić information content (AvgIpc) is 3.36. The first kappa shape index (κ1) is 25.9. The zero-order valence-corrected chi connectivity index (χ0v) is 23.3. The van der Waals surface area contributed by atoms with Gasteiger partial charge in [-0.1, -0.05) is 6.92 Å². The molecule has 0 radical (unpaired) electrons. The lowest BCUT2D eigenvalue weighted by Crippen LogP contribution is -2.51. The molecule has 0 saturated carbocycles. The number of rotatable bonds is 9. The average molecular weight is 571 g/mol. The Labute approximate surface area is 226 Å². The Kier molecular flexibility index (Phi) is 8.26. The summed E-state index contributed by atoms with van der Waals surface area (Å²) < 4.78 is 6.06. The lowest BCUT2D eigenvalue weighted by Gasteiger charge is -2.35. The Morgan fingerprint density at radius 3 is 2.62 bits per heavy atom. The molecule has 0 bridgehead atoms. The minimum Gasteiger partial charge on any atom is -0.383 e. The third kappa shape index (κ3) is 5.91. The van der Waals surface area contributed by atoms with Crippen molar-refractivity contribution in [2.24, 2.45) is 0 Å². The van der Waals surface area contributed by atoms with Gasteiger partial charge in [0.15, 0.2) is 5.65 Å². The summed E-state index contributed by atoms with van der Waals surface area (Å²) in [5.41, 5.74) is 4.67. The largest absolute Gasteiger partial charge is 0.383 e. The molecule has 0 spiro atoms. The number of ether oxygens (including phenoxy) is 1. The van der Waals surface area contributed by atoms with Gasteiger partial charge in [-0.3, -0.25) is 4.79 Å². The number of carbonyl (C=O) groups excluding carboxylic acids is 1. The lowest BCUT2D eigenvalue weighted by molar-refractivity contribution is -0.131. The molecule has 2 aliphatic rings. The summed E-state index contributed by atoms with van der Waals surface area (Å²) in [6.45, 7) is 8.80. The van der Waals surface area contributed by atoms with Crippen LogP contribution in [-0.2, 0) is 9.53 Å². The number of benzene rings is 1. The predicted molar refractivity (Wildman–Crippen MR) is 151 cm³/mol. The number of imidazole rings is 1. The van der Waals surface area contributed by atoms with E-state index in [4.69, 9.17) is 9.72 Å². The molecule has 3 aromatic rings. The Bertz CT molecular complexity index is 1210. The highest BCUT2D eigenvalue weighted by Gasteiger charge is 2.24. The van der Waals surface area contributed by atoms with E-state index in [0.29, 0.717) is 37.9 Å². The molecule has 10 heteroatoms. The van der Waals surface area contributed by atoms with E-state index in [1.807, 2.05) is 11.1 Å². The maximum absolute atomic E-state index is 12.5. The van der Waals surface area contributed by atoms with Gasteiger partial charge in [-0.05, 0) is 66.0 Å². The van der Waals surface area contributed by atoms with Gasteiger partial charge in [0.25, 0.3) is 0 Å². The first-order valence-corrected chi connectivity index (χ1v) is 14.0. The van der Waals surface area contributed by atoms with Crippen molar-refractivity contribution in [2.75, 3.05) is 69.7 Å². The number of hydrogen-bond acceptors (Lipinski definition) is 7. The van der Waals surface area contributed by atoms with E-state index in [1.54, 1.807) is 7.11 Å². The van der Waals surface area contributed by atoms with Crippen LogP contribution in [0.15, 0.2) is 34.9 Å². The van der Waals surface area contributed by atoms with Gasteiger partial charge in [0, 0.05) is 63.3 Å². The van der Waals surface area contributed by atoms with Crippen molar-refractivity contribution in [3.63, 3.8) is 0 Å². The van der Waals surface area contributed by atoms with Crippen LogP contribution in [0, 0.1) is 0 Å². The van der Waals surface area contributed by atoms with Gasteiger partial charge in [0.05, 0.1) is 23.3 Å². The molecule has 198 valence electrons. The third-order valence-corrected chi connectivity index (χ3v) is 7.94. The monoisotopic (exact) mass is 569 g/mol. The molecule has 9 nitrogen and oxygen atoms in total. The molecule has 4 heterocycles. The summed E-state index contributed by atoms with van der Waals surface area (Å²) in [5, 5.41) is 3.76. The van der Waals surface area contributed by atoms with Crippen molar-refractivity contribution in [3.8, 4) is 11.4 Å². The number of aromatic amines is 1. The van der Waals surface area contributed by atoms with Crippen LogP contribution in [0.1, 0.15) is 26.2 Å². The first-order valence-electron chi connectivity index (χ1n) is 13.2. The van der Waals surface area contributed by atoms with Crippen LogP contribution >= 0.6 is 15.9 Å². The summed E-state index contributed by atoms with van der Waals surface area (Å²) in [6, 6.07) is 8.67. The number of aromatic nitrogens is 3. The quantitative estimate of drug-likeness (QED) is 0.403. The second kappa shape index (κ2) is 11.8. The van der Waals surface area contributed by atoms with Crippen LogP contribution < -0.4 is 10.2 Å². The summed E-state index contributed by atoms with van der Waals surface area (Å²) >= 11 is 3.70. The smallest absolute Gasteiger partial charge is 0.242 e. The number of hydrogen-bond donors (Lipinski definition) is 2. The van der Waals surface area contributed by atoms with E-state index in [1.165, 1.54) is 13.0 Å². The number of likely N-dealkylation sites (tertiary alicyclic amines) is 1. The molecule has 0 atom stereocenters. The Balaban J connectivity index is 1.28. The van der Waals surface area contributed by atoms with Crippen molar-refractivity contribution in [1.29, 1.82) is 0 Å². The Morgan fingerprint density at radius 1 is 1.14 bits per heavy atom. The standard InChI is InChI=1S/C27H36BrN7O2/c1-3-10-33-11-8-20(9-12-33)30-24-22(28)17-29-27-25(24)31-26(32-27)19-4-6-21(7-5-19)35-14-13-34(15-16-37-2)23(36)18-35/h4-7,17,20H,3,8-16,18H2,1-2H3,(H2,29,30,31,32). The van der Waals surface area contributed by atoms with E-state index < -0.39 is 0 Å². The molecule has 5 rings (SSSR count). The van der Waals surface area contributed by atoms with Gasteiger partial charge in [0.1, 0.15) is 11.3 Å². The Hall–Kier alpha value is -2.69. The number of amides is 1. The van der Waals surface area contributed by atoms with E-state index in [0.717, 1.165) is 65.2 Å². The molecule has 2 aliphatic heterocycles. The van der Waals surface area contributed by atoms with Crippen molar-refractivity contribution in [3.05, 3.63) is 34.9 Å². The lowest BCUT2D eigenvalue weighted by atomic mass is 10.0. The van der Waals surface area contributed by atoms with Crippen LogP contribution in [0.3, 0.4) is 0 Å². The van der Waals surface area contributed by atoms with Gasteiger partial charge in [0.2, 0.25) is 5.91 Å². The SMILES string of the molecule is CCCN1CCC(Nc2c(Br)cnc3nc(-c4ccc(N5CCN(CCOC)C(=O)C5)cc4)[nH]c23)CC1. The molecule has 1 aromatic carbocycles. The summed E-state index contributed by atoms with van der Waals surface area (Å²) in [4.78, 5) is 31.9. The van der Waals surface area contributed by atoms with Gasteiger partial charge in [-0.2, -0.15) is 0 Å². The van der Waals surface area contributed by atoms with Crippen LogP contribution in [0.5, 0.6) is 0 Å². The maximum atomic E-state index is 12.5. The fourth-order valence-corrected chi connectivity index (χ4v) is 5.64. The fourth-order valence-electron chi connectivity index (χ4n) is 5.23. The number of H-pyrrole nitrogens is 1. The van der Waals surface area contributed by atoms with Crippen LogP contribution in [0.4, 0.5) is 11.4 Å². The van der Waals surface area contributed by atoms with Gasteiger partial charge in [-0.25, -0.2) is 9.97 Å². The predicted octanol–water partition coefficient (Wildman–Crippen LogP) is 3.97. The molecule has 2 aromatic heterocycles. The minimum absolute atomic E-state index is 0.136. The van der Waals surface area contributed by atoms with Crippen LogP contribution in [0.2, 0.25) is 0 Å². The number of halogens is 1. The van der Waals surface area contributed by atoms with E-state index in [2.05, 4.69) is 72.2 Å². The molecule has 2 fully saturated rings. The summed E-state index contributed by atoms with van der Waals surface area (Å²) in [6.07, 6.45) is 5.29. The summed E-state index contributed by atoms with van der Waals surface area (Å²) in [7, 11) is 1.66. The molecule has 2 N–H and O–H groups in total. The number of methoxy groups -OCH3 is 1. The molecular weight excluding hydrogens is 534 g/mol. The van der Waals surface area contributed by atoms with Crippen molar-refractivity contribution in [1.82, 2.24) is 24.8 Å². The molecular formula is C27H36BrN7O2. The van der Waals surface area contributed by atoms with Gasteiger partial charge in [-0.15, -0.1) is 0 Å². The number of nitrogens with zero attached hydrogens (tertiary/aromatic N) is 5. The zero-order valence-electron chi connectivity index (χ0n) is 21.7. The highest BCUT2D eigenvalue weighted by Crippen LogP contribution is 2.33. The van der Waals surface area contributed by atoms with Crippen LogP contribution in [-0.4, -0.2) is 96.2 Å². The van der Waals surface area contributed by atoms with Gasteiger partial charge < -0.3 is 29.7 Å². The molecule has 1 amide bonds. The second-order valence-electron chi connectivity index (χ2n) is 9.87. The number of piperidine rings is 1. The van der Waals surface area contributed by atoms with E-state index in [9.17, 15) is 4.79 Å². The van der Waals surface area contributed by atoms with Crippen LogP contribution in [0.25, 0.3) is 22.6 Å². The fraction of sp³-hybridized carbons (Fsp3) is 0.519. The number of piperazine rings is 1. The number of carbonyl (C=O) groups is 1. The molecule has 0 unspecified atom stereocenters. The summed E-state index contributed by atoms with van der Waals surface area (Å²) in [5.74, 6) is 0.922. The molecule has 2 saturated heterocycles. The van der Waals surface area contributed by atoms with E-state index >= 15 is 0 Å². The number of fused-ring (bicyclic) bond motifs is 1. The second-order valence-corrected chi connectivity index (χ2v) is 10.7. The topological polar surface area (TPSA) is 89.6 Å². The number of pyridine rings is 1. The first-order chi connectivity index (χ1) is 18.1. The number of anilines is 2. The highest BCUT2D eigenvalue weighted by molar-refractivity contribution is 9.10. The van der Waals surface area contributed by atoms with Crippen molar-refractivity contribution >= 4 is 44.4 Å². The van der Waals surface area contributed by atoms with Crippen molar-refractivity contribution in [2.45, 2.75) is 32.2 Å². The third-order valence-electron chi connectivity index (χ3n) is 7.34. The van der Waals surface area contributed by atoms with Gasteiger partial charge >= 0.3 is 0 Å². The number of nitrogens with one attached hydrogen (secondary N) is 2. The van der Waals surface area contributed by atoms with Crippen molar-refractivity contribution < 1.29 is 9.53 Å². The minimum atomic E-state index is 0.136. The normalized spacial score (nSPS) is 17.6. The zero-order chi connectivity index (χ0) is 25.8. The van der Waals surface area contributed by atoms with E-state index in [-0.39, 0.29) is 5.91 Å². The Morgan fingerprint density at radius 2 is 1.92 bits per heavy atom. The molecule has 0 aliphatic carbocycles. The molecule has 37 heavy (non-hydrogen) atoms.